The second-order valence-electron chi connectivity index (χ2n) is 5.30. The number of H-pyrrole nitrogens is 1. The maximum absolute atomic E-state index is 5.87. The molecule has 2 N–H and O–H groups in total. The number of allylic oxidation sites excluding steroid dienone is 1. The van der Waals surface area contributed by atoms with Gasteiger partial charge in [0.2, 0.25) is 0 Å². The number of rotatable bonds is 6. The van der Waals surface area contributed by atoms with E-state index in [9.17, 15) is 0 Å². The van der Waals surface area contributed by atoms with Gasteiger partial charge in [0.15, 0.2) is 0 Å². The summed E-state index contributed by atoms with van der Waals surface area (Å²) in [5.74, 6) is 0.883. The predicted molar refractivity (Wildman–Crippen MR) is 94.2 cm³/mol. The van der Waals surface area contributed by atoms with E-state index in [4.69, 9.17) is 4.74 Å². The summed E-state index contributed by atoms with van der Waals surface area (Å²) in [5, 5.41) is 4.35. The van der Waals surface area contributed by atoms with Crippen LogP contribution in [0.1, 0.15) is 18.2 Å². The van der Waals surface area contributed by atoms with Crippen molar-refractivity contribution in [3.8, 4) is 5.75 Å². The van der Waals surface area contributed by atoms with Crippen LogP contribution < -0.4 is 10.1 Å². The van der Waals surface area contributed by atoms with Gasteiger partial charge in [-0.3, -0.25) is 0 Å². The van der Waals surface area contributed by atoms with Crippen LogP contribution in [0.5, 0.6) is 5.75 Å². The van der Waals surface area contributed by atoms with Crippen molar-refractivity contribution in [1.82, 2.24) is 10.3 Å². The first-order valence-corrected chi connectivity index (χ1v) is 7.72. The molecule has 0 radical (unpaired) electrons. The average molecular weight is 304 g/mol. The third kappa shape index (κ3) is 4.06. The van der Waals surface area contributed by atoms with Gasteiger partial charge in [-0.2, -0.15) is 0 Å². The Labute approximate surface area is 136 Å². The second kappa shape index (κ2) is 7.39. The minimum absolute atomic E-state index is 0.583. The van der Waals surface area contributed by atoms with E-state index in [-0.39, 0.29) is 0 Å². The number of aromatic amines is 1. The van der Waals surface area contributed by atoms with E-state index in [1.165, 1.54) is 5.56 Å². The summed E-state index contributed by atoms with van der Waals surface area (Å²) in [6.07, 6.45) is 3.69. The molecule has 23 heavy (non-hydrogen) atoms. The van der Waals surface area contributed by atoms with E-state index in [1.807, 2.05) is 43.5 Å². The molecule has 0 aliphatic rings. The zero-order valence-electron chi connectivity index (χ0n) is 13.2. The molecule has 0 saturated heterocycles. The van der Waals surface area contributed by atoms with Crippen LogP contribution in [-0.4, -0.2) is 4.98 Å². The lowest BCUT2D eigenvalue weighted by Crippen LogP contribution is -2.03. The highest BCUT2D eigenvalue weighted by molar-refractivity contribution is 5.81. The Balaban J connectivity index is 1.67. The van der Waals surface area contributed by atoms with Crippen molar-refractivity contribution < 1.29 is 4.74 Å². The fourth-order valence-electron chi connectivity index (χ4n) is 2.40. The fraction of sp³-hybridized carbons (Fsp3) is 0.150. The average Bonchev–Trinajstić information content (AvgIpc) is 3.00. The molecule has 3 heteroatoms. The molecule has 1 heterocycles. The van der Waals surface area contributed by atoms with Crippen molar-refractivity contribution in [3.63, 3.8) is 0 Å². The third-order valence-corrected chi connectivity index (χ3v) is 3.54. The Kier molecular flexibility index (Phi) is 4.82. The first-order valence-electron chi connectivity index (χ1n) is 7.72. The number of nitrogens with one attached hydrogen (secondary N) is 2. The summed E-state index contributed by atoms with van der Waals surface area (Å²) in [4.78, 5) is 3.40. The Bertz CT molecular complexity index is 827. The second-order valence-corrected chi connectivity index (χ2v) is 5.30. The molecule has 3 nitrogen and oxygen atoms in total. The zero-order valence-corrected chi connectivity index (χ0v) is 13.2. The molecule has 0 bridgehead atoms. The minimum Gasteiger partial charge on any atom is -0.489 e. The van der Waals surface area contributed by atoms with Crippen LogP contribution in [0.4, 0.5) is 0 Å². The first-order chi connectivity index (χ1) is 11.3. The third-order valence-electron chi connectivity index (χ3n) is 3.54. The maximum atomic E-state index is 5.87. The summed E-state index contributed by atoms with van der Waals surface area (Å²) >= 11 is 0. The van der Waals surface area contributed by atoms with Gasteiger partial charge < -0.3 is 15.0 Å². The molecule has 0 amide bonds. The number of fused-ring (bicyclic) bond motifs is 1. The van der Waals surface area contributed by atoms with Crippen LogP contribution in [-0.2, 0) is 13.2 Å². The molecule has 3 aromatic rings. The van der Waals surface area contributed by atoms with Gasteiger partial charge in [-0.1, -0.05) is 30.3 Å². The fourth-order valence-corrected chi connectivity index (χ4v) is 2.40. The highest BCUT2D eigenvalue weighted by Gasteiger charge is 2.02. The lowest BCUT2D eigenvalue weighted by molar-refractivity contribution is 0.306. The van der Waals surface area contributed by atoms with Gasteiger partial charge in [0, 0.05) is 22.8 Å². The Morgan fingerprint density at radius 3 is 2.83 bits per heavy atom. The summed E-state index contributed by atoms with van der Waals surface area (Å²) < 4.78 is 5.87. The SMILES string of the molecule is CC=C=CNCc1cc2cc(OCc3ccccc3)ccc2[nH]1. The zero-order chi connectivity index (χ0) is 15.9. The topological polar surface area (TPSA) is 37.0 Å². The van der Waals surface area contributed by atoms with Gasteiger partial charge >= 0.3 is 0 Å². The largest absolute Gasteiger partial charge is 0.489 e. The van der Waals surface area contributed by atoms with Crippen molar-refractivity contribution >= 4 is 10.9 Å². The van der Waals surface area contributed by atoms with Crippen molar-refractivity contribution in [3.05, 3.63) is 83.9 Å². The lowest BCUT2D eigenvalue weighted by Gasteiger charge is -2.06. The van der Waals surface area contributed by atoms with Crippen LogP contribution in [0.3, 0.4) is 0 Å². The normalized spacial score (nSPS) is 10.1. The predicted octanol–water partition coefficient (Wildman–Crippen LogP) is 4.53. The molecule has 0 unspecified atom stereocenters. The molecule has 3 rings (SSSR count). The molecular formula is C20H20N2O. The molecule has 0 atom stereocenters. The van der Waals surface area contributed by atoms with Gasteiger partial charge in [0.1, 0.15) is 12.4 Å². The molecule has 0 fully saturated rings. The van der Waals surface area contributed by atoms with Crippen molar-refractivity contribution in [2.45, 2.75) is 20.1 Å². The van der Waals surface area contributed by atoms with E-state index < -0.39 is 0 Å². The van der Waals surface area contributed by atoms with Crippen molar-refractivity contribution in [2.75, 3.05) is 0 Å². The van der Waals surface area contributed by atoms with Gasteiger partial charge in [-0.25, -0.2) is 0 Å². The van der Waals surface area contributed by atoms with E-state index in [0.29, 0.717) is 6.61 Å². The molecule has 1 aromatic heterocycles. The molecular weight excluding hydrogens is 284 g/mol. The lowest BCUT2D eigenvalue weighted by atomic mass is 10.2. The van der Waals surface area contributed by atoms with Crippen LogP contribution in [0.25, 0.3) is 10.9 Å². The summed E-state index contributed by atoms with van der Waals surface area (Å²) in [6, 6.07) is 18.5. The highest BCUT2D eigenvalue weighted by atomic mass is 16.5. The van der Waals surface area contributed by atoms with Gasteiger partial charge in [0.25, 0.3) is 0 Å². The maximum Gasteiger partial charge on any atom is 0.120 e. The molecule has 0 spiro atoms. The van der Waals surface area contributed by atoms with E-state index in [1.54, 1.807) is 0 Å². The summed E-state index contributed by atoms with van der Waals surface area (Å²) in [5.41, 5.74) is 6.42. The molecule has 116 valence electrons. The smallest absolute Gasteiger partial charge is 0.120 e. The highest BCUT2D eigenvalue weighted by Crippen LogP contribution is 2.22. The van der Waals surface area contributed by atoms with Crippen LogP contribution >= 0.6 is 0 Å². The Morgan fingerprint density at radius 2 is 2.00 bits per heavy atom. The van der Waals surface area contributed by atoms with E-state index in [2.05, 4.69) is 46.4 Å². The summed E-state index contributed by atoms with van der Waals surface area (Å²) in [7, 11) is 0. The van der Waals surface area contributed by atoms with Crippen molar-refractivity contribution in [1.29, 1.82) is 0 Å². The number of hydrogen-bond acceptors (Lipinski definition) is 2. The number of benzene rings is 2. The van der Waals surface area contributed by atoms with E-state index in [0.717, 1.165) is 28.9 Å². The Morgan fingerprint density at radius 1 is 1.13 bits per heavy atom. The number of ether oxygens (including phenoxy) is 1. The minimum atomic E-state index is 0.583. The number of hydrogen-bond donors (Lipinski definition) is 2. The number of aromatic nitrogens is 1. The van der Waals surface area contributed by atoms with Crippen LogP contribution in [0.2, 0.25) is 0 Å². The monoisotopic (exact) mass is 304 g/mol. The first kappa shape index (κ1) is 15.0. The quantitative estimate of drug-likeness (QED) is 0.657. The Hall–Kier alpha value is -2.90. The molecule has 0 aliphatic heterocycles. The van der Waals surface area contributed by atoms with Gasteiger partial charge in [-0.15, -0.1) is 5.73 Å². The van der Waals surface area contributed by atoms with E-state index >= 15 is 0 Å². The molecule has 0 saturated carbocycles. The van der Waals surface area contributed by atoms with Gasteiger partial charge in [-0.05, 0) is 42.8 Å². The standard InChI is InChI=1S/C20H20N2O/c1-2-3-11-21-14-18-12-17-13-19(9-10-20(17)22-18)23-15-16-7-5-4-6-8-16/h2,4-13,21-22H,14-15H2,1H3. The van der Waals surface area contributed by atoms with Crippen molar-refractivity contribution in [2.24, 2.45) is 0 Å². The van der Waals surface area contributed by atoms with Gasteiger partial charge in [0.05, 0.1) is 6.54 Å². The molecule has 0 aliphatic carbocycles. The molecule has 2 aromatic carbocycles. The van der Waals surface area contributed by atoms with Crippen LogP contribution in [0, 0.1) is 0 Å². The van der Waals surface area contributed by atoms with Crippen LogP contribution in [0.15, 0.2) is 72.6 Å². The summed E-state index contributed by atoms with van der Waals surface area (Å²) in [6.45, 7) is 3.27.